The van der Waals surface area contributed by atoms with E-state index in [1.54, 1.807) is 0 Å². The Morgan fingerprint density at radius 2 is 1.82 bits per heavy atom. The van der Waals surface area contributed by atoms with E-state index in [0.717, 1.165) is 23.4 Å². The standard InChI is InChI=1S/C8H18N2S/c9-8-10(6-7-11)4-2-1-3-5-10/h1-9H2/p+1. The molecule has 1 rings (SSSR count). The third-order valence-corrected chi connectivity index (χ3v) is 2.93. The van der Waals surface area contributed by atoms with E-state index in [1.165, 1.54) is 32.4 Å². The second-order valence-corrected chi connectivity index (χ2v) is 3.93. The minimum atomic E-state index is 0.806. The van der Waals surface area contributed by atoms with Crippen molar-refractivity contribution < 1.29 is 4.48 Å². The minimum Gasteiger partial charge on any atom is -0.311 e. The highest BCUT2D eigenvalue weighted by Gasteiger charge is 2.26. The van der Waals surface area contributed by atoms with Crippen LogP contribution in [-0.2, 0) is 0 Å². The molecule has 2 nitrogen and oxygen atoms in total. The van der Waals surface area contributed by atoms with Crippen molar-refractivity contribution in [3.63, 3.8) is 0 Å². The fourth-order valence-corrected chi connectivity index (χ4v) is 2.32. The van der Waals surface area contributed by atoms with Gasteiger partial charge in [-0.15, -0.1) is 0 Å². The van der Waals surface area contributed by atoms with Crippen LogP contribution in [0.5, 0.6) is 0 Å². The monoisotopic (exact) mass is 175 g/mol. The Bertz CT molecular complexity index is 105. The highest BCUT2D eigenvalue weighted by molar-refractivity contribution is 7.80. The summed E-state index contributed by atoms with van der Waals surface area (Å²) in [5, 5.41) is 0. The van der Waals surface area contributed by atoms with Gasteiger partial charge in [0.25, 0.3) is 0 Å². The molecule has 1 fully saturated rings. The molecular formula is C8H19N2S+. The van der Waals surface area contributed by atoms with Gasteiger partial charge < -0.3 is 4.48 Å². The molecule has 0 radical (unpaired) electrons. The van der Waals surface area contributed by atoms with Gasteiger partial charge in [0, 0.05) is 5.75 Å². The number of thiol groups is 1. The zero-order valence-electron chi connectivity index (χ0n) is 7.13. The molecule has 1 aliphatic heterocycles. The first kappa shape index (κ1) is 9.36. The van der Waals surface area contributed by atoms with E-state index in [9.17, 15) is 0 Å². The number of rotatable bonds is 3. The van der Waals surface area contributed by atoms with Gasteiger partial charge in [0.2, 0.25) is 0 Å². The van der Waals surface area contributed by atoms with Crippen LogP contribution in [0.1, 0.15) is 19.3 Å². The van der Waals surface area contributed by atoms with Gasteiger partial charge in [-0.3, -0.25) is 5.73 Å². The molecule has 0 bridgehead atoms. The van der Waals surface area contributed by atoms with Crippen LogP contribution in [0.15, 0.2) is 0 Å². The average Bonchev–Trinajstić information content (AvgIpc) is 2.07. The predicted molar refractivity (Wildman–Crippen MR) is 51.6 cm³/mol. The number of hydrogen-bond donors (Lipinski definition) is 2. The number of hydrogen-bond acceptors (Lipinski definition) is 2. The van der Waals surface area contributed by atoms with Gasteiger partial charge in [-0.2, -0.15) is 12.6 Å². The smallest absolute Gasteiger partial charge is 0.130 e. The van der Waals surface area contributed by atoms with Crippen molar-refractivity contribution in [2.24, 2.45) is 5.73 Å². The van der Waals surface area contributed by atoms with Crippen LogP contribution in [0.3, 0.4) is 0 Å². The average molecular weight is 175 g/mol. The summed E-state index contributed by atoms with van der Waals surface area (Å²) >= 11 is 4.27. The van der Waals surface area contributed by atoms with Crippen molar-refractivity contribution in [1.82, 2.24) is 0 Å². The zero-order chi connectivity index (χ0) is 8.16. The van der Waals surface area contributed by atoms with Crippen LogP contribution in [0.4, 0.5) is 0 Å². The van der Waals surface area contributed by atoms with Crippen LogP contribution in [0.2, 0.25) is 0 Å². The quantitative estimate of drug-likeness (QED) is 0.482. The zero-order valence-corrected chi connectivity index (χ0v) is 8.02. The van der Waals surface area contributed by atoms with Gasteiger partial charge in [-0.05, 0) is 19.3 Å². The molecule has 66 valence electrons. The third kappa shape index (κ3) is 2.36. The summed E-state index contributed by atoms with van der Waals surface area (Å²) in [6.45, 7) is 4.51. The Morgan fingerprint density at radius 3 is 2.27 bits per heavy atom. The molecule has 0 aliphatic carbocycles. The number of nitrogens with two attached hydrogens (primary N) is 1. The number of piperidine rings is 1. The van der Waals surface area contributed by atoms with Crippen molar-refractivity contribution in [1.29, 1.82) is 0 Å². The molecule has 11 heavy (non-hydrogen) atoms. The molecule has 1 saturated heterocycles. The van der Waals surface area contributed by atoms with E-state index in [4.69, 9.17) is 5.73 Å². The van der Waals surface area contributed by atoms with Crippen molar-refractivity contribution in [2.75, 3.05) is 32.1 Å². The van der Waals surface area contributed by atoms with Crippen LogP contribution in [-0.4, -0.2) is 36.5 Å². The molecule has 0 amide bonds. The second-order valence-electron chi connectivity index (χ2n) is 3.48. The van der Waals surface area contributed by atoms with E-state index in [0.29, 0.717) is 0 Å². The van der Waals surface area contributed by atoms with Crippen LogP contribution >= 0.6 is 12.6 Å². The van der Waals surface area contributed by atoms with E-state index in [-0.39, 0.29) is 0 Å². The molecule has 0 atom stereocenters. The number of likely N-dealkylation sites (tertiary alicyclic amines) is 1. The molecule has 1 heterocycles. The fourth-order valence-electron chi connectivity index (χ4n) is 1.89. The lowest BCUT2D eigenvalue weighted by Crippen LogP contribution is -2.55. The molecule has 1 aliphatic rings. The summed E-state index contributed by atoms with van der Waals surface area (Å²) < 4.78 is 1.11. The number of nitrogens with zero attached hydrogens (tertiary/aromatic N) is 1. The summed E-state index contributed by atoms with van der Waals surface area (Å²) in [4.78, 5) is 0. The van der Waals surface area contributed by atoms with Gasteiger partial charge in [0.05, 0.1) is 19.6 Å². The minimum absolute atomic E-state index is 0.806. The maximum atomic E-state index is 5.76. The Labute approximate surface area is 74.8 Å². The summed E-state index contributed by atoms with van der Waals surface area (Å²) in [7, 11) is 0. The maximum Gasteiger partial charge on any atom is 0.130 e. The highest BCUT2D eigenvalue weighted by atomic mass is 32.1. The van der Waals surface area contributed by atoms with E-state index in [1.807, 2.05) is 0 Å². The summed E-state index contributed by atoms with van der Waals surface area (Å²) in [6.07, 6.45) is 4.10. The van der Waals surface area contributed by atoms with E-state index >= 15 is 0 Å². The lowest BCUT2D eigenvalue weighted by molar-refractivity contribution is -0.929. The first-order chi connectivity index (χ1) is 5.33. The normalized spacial score (nSPS) is 23.5. The van der Waals surface area contributed by atoms with Crippen molar-refractivity contribution in [3.8, 4) is 0 Å². The Kier molecular flexibility index (Phi) is 3.69. The van der Waals surface area contributed by atoms with Crippen LogP contribution in [0.25, 0.3) is 0 Å². The van der Waals surface area contributed by atoms with Gasteiger partial charge in [-0.25, -0.2) is 0 Å². The molecule has 0 aromatic heterocycles. The Balaban J connectivity index is 2.42. The van der Waals surface area contributed by atoms with Gasteiger partial charge >= 0.3 is 0 Å². The summed E-state index contributed by atoms with van der Waals surface area (Å²) in [5.74, 6) is 0.969. The largest absolute Gasteiger partial charge is 0.311 e. The molecule has 0 unspecified atom stereocenters. The molecule has 0 aromatic rings. The van der Waals surface area contributed by atoms with Crippen molar-refractivity contribution >= 4 is 12.6 Å². The molecule has 0 spiro atoms. The van der Waals surface area contributed by atoms with E-state index in [2.05, 4.69) is 12.6 Å². The predicted octanol–water partition coefficient (Wildman–Crippen LogP) is 0.833. The lowest BCUT2D eigenvalue weighted by atomic mass is 10.1. The fraction of sp³-hybridized carbons (Fsp3) is 1.00. The lowest BCUT2D eigenvalue weighted by Gasteiger charge is -2.40. The van der Waals surface area contributed by atoms with Crippen LogP contribution in [0, 0.1) is 0 Å². The second kappa shape index (κ2) is 4.33. The first-order valence-corrected chi connectivity index (χ1v) is 5.12. The molecule has 3 heteroatoms. The van der Waals surface area contributed by atoms with Gasteiger partial charge in [-0.1, -0.05) is 0 Å². The summed E-state index contributed by atoms with van der Waals surface area (Å²) in [5.41, 5.74) is 5.76. The topological polar surface area (TPSA) is 26.0 Å². The SMILES string of the molecule is NC[N+]1(CCS)CCCCC1. The third-order valence-electron chi connectivity index (χ3n) is 2.73. The number of quaternary nitrogens is 1. The van der Waals surface area contributed by atoms with Crippen molar-refractivity contribution in [2.45, 2.75) is 19.3 Å². The maximum absolute atomic E-state index is 5.76. The van der Waals surface area contributed by atoms with Crippen molar-refractivity contribution in [3.05, 3.63) is 0 Å². The van der Waals surface area contributed by atoms with Gasteiger partial charge in [0.15, 0.2) is 0 Å². The Hall–Kier alpha value is 0.270. The highest BCUT2D eigenvalue weighted by Crippen LogP contribution is 2.16. The van der Waals surface area contributed by atoms with E-state index < -0.39 is 0 Å². The molecular weight excluding hydrogens is 156 g/mol. The van der Waals surface area contributed by atoms with Gasteiger partial charge in [0.1, 0.15) is 6.67 Å². The molecule has 0 saturated carbocycles. The Morgan fingerprint density at radius 1 is 1.18 bits per heavy atom. The van der Waals surface area contributed by atoms with Crippen LogP contribution < -0.4 is 5.73 Å². The molecule has 2 N–H and O–H groups in total. The first-order valence-electron chi connectivity index (χ1n) is 4.49. The summed E-state index contributed by atoms with van der Waals surface area (Å²) in [6, 6.07) is 0. The molecule has 0 aromatic carbocycles.